The molecule has 6 heteroatoms. The van der Waals surface area contributed by atoms with Crippen molar-refractivity contribution in [3.8, 4) is 0 Å². The maximum Gasteiger partial charge on any atom is 0.235 e. The molecular formula is C11H15FN2O2S. The van der Waals surface area contributed by atoms with E-state index in [4.69, 9.17) is 5.73 Å². The third-order valence-electron chi connectivity index (χ3n) is 3.00. The lowest BCUT2D eigenvalue weighted by Gasteiger charge is -2.13. The number of nitrogen functional groups attached to an aromatic ring is 1. The Morgan fingerprint density at radius 1 is 1.29 bits per heavy atom. The van der Waals surface area contributed by atoms with E-state index in [0.717, 1.165) is 18.9 Å². The van der Waals surface area contributed by atoms with E-state index in [9.17, 15) is 12.8 Å². The molecule has 1 fully saturated rings. The Morgan fingerprint density at radius 3 is 2.53 bits per heavy atom. The molecule has 17 heavy (non-hydrogen) atoms. The van der Waals surface area contributed by atoms with Gasteiger partial charge in [0.05, 0.1) is 16.6 Å². The molecule has 0 heterocycles. The van der Waals surface area contributed by atoms with Gasteiger partial charge in [-0.1, -0.05) is 12.8 Å². The first-order valence-electron chi connectivity index (χ1n) is 5.56. The third-order valence-corrected chi connectivity index (χ3v) is 4.87. The lowest BCUT2D eigenvalue weighted by atomic mass is 10.3. The maximum absolute atomic E-state index is 13.2. The molecule has 1 saturated carbocycles. The van der Waals surface area contributed by atoms with Crippen LogP contribution in [0.15, 0.2) is 18.2 Å². The number of halogens is 1. The number of sulfonamides is 1. The summed E-state index contributed by atoms with van der Waals surface area (Å²) in [7, 11) is -3.40. The van der Waals surface area contributed by atoms with Crippen molar-refractivity contribution in [3.05, 3.63) is 24.0 Å². The Kier molecular flexibility index (Phi) is 3.24. The smallest absolute Gasteiger partial charge is 0.235 e. The summed E-state index contributed by atoms with van der Waals surface area (Å²) in [6, 6.07) is 3.91. The van der Waals surface area contributed by atoms with Crippen molar-refractivity contribution in [2.75, 3.05) is 10.5 Å². The van der Waals surface area contributed by atoms with Crippen LogP contribution in [0.25, 0.3) is 0 Å². The van der Waals surface area contributed by atoms with Crippen LogP contribution < -0.4 is 10.5 Å². The molecular weight excluding hydrogens is 243 g/mol. The van der Waals surface area contributed by atoms with Gasteiger partial charge in [-0.25, -0.2) is 12.8 Å². The number of anilines is 2. The second kappa shape index (κ2) is 4.52. The number of rotatable bonds is 3. The summed E-state index contributed by atoms with van der Waals surface area (Å²) in [4.78, 5) is 0. The molecule has 1 aromatic rings. The van der Waals surface area contributed by atoms with E-state index in [1.165, 1.54) is 12.1 Å². The molecule has 94 valence electrons. The molecule has 4 nitrogen and oxygen atoms in total. The monoisotopic (exact) mass is 258 g/mol. The molecule has 0 atom stereocenters. The van der Waals surface area contributed by atoms with Crippen molar-refractivity contribution in [1.29, 1.82) is 0 Å². The molecule has 0 amide bonds. The van der Waals surface area contributed by atoms with Crippen LogP contribution in [0, 0.1) is 5.82 Å². The zero-order valence-electron chi connectivity index (χ0n) is 9.32. The van der Waals surface area contributed by atoms with E-state index in [-0.39, 0.29) is 16.6 Å². The second-order valence-electron chi connectivity index (χ2n) is 4.29. The fourth-order valence-corrected chi connectivity index (χ4v) is 3.61. The average molecular weight is 258 g/mol. The van der Waals surface area contributed by atoms with Crippen molar-refractivity contribution < 1.29 is 12.8 Å². The van der Waals surface area contributed by atoms with Gasteiger partial charge < -0.3 is 5.73 Å². The summed E-state index contributed by atoms with van der Waals surface area (Å²) < 4.78 is 39.4. The zero-order valence-corrected chi connectivity index (χ0v) is 10.1. The zero-order chi connectivity index (χ0) is 12.5. The Morgan fingerprint density at radius 2 is 1.94 bits per heavy atom. The van der Waals surface area contributed by atoms with Gasteiger partial charge in [-0.2, -0.15) is 0 Å². The molecule has 3 N–H and O–H groups in total. The molecule has 0 spiro atoms. The van der Waals surface area contributed by atoms with Crippen molar-refractivity contribution in [2.24, 2.45) is 0 Å². The van der Waals surface area contributed by atoms with Crippen LogP contribution in [0.3, 0.4) is 0 Å². The Bertz CT molecular complexity index is 510. The van der Waals surface area contributed by atoms with Gasteiger partial charge in [-0.3, -0.25) is 4.72 Å². The standard InChI is InChI=1S/C11H15FN2O2S/c12-10-7-8(5-6-11(10)13)14-17(15,16)9-3-1-2-4-9/h5-7,9,14H,1-4,13H2. The van der Waals surface area contributed by atoms with Gasteiger partial charge in [0.15, 0.2) is 0 Å². The van der Waals surface area contributed by atoms with Crippen LogP contribution in [0.4, 0.5) is 15.8 Å². The first-order chi connectivity index (χ1) is 7.99. The summed E-state index contributed by atoms with van der Waals surface area (Å²) >= 11 is 0. The van der Waals surface area contributed by atoms with Gasteiger partial charge in [0, 0.05) is 6.07 Å². The Balaban J connectivity index is 2.17. The summed E-state index contributed by atoms with van der Waals surface area (Å²) in [6.45, 7) is 0. The molecule has 0 aliphatic heterocycles. The van der Waals surface area contributed by atoms with Gasteiger partial charge in [0.25, 0.3) is 0 Å². The second-order valence-corrected chi connectivity index (χ2v) is 6.25. The van der Waals surface area contributed by atoms with Crippen LogP contribution in [-0.4, -0.2) is 13.7 Å². The van der Waals surface area contributed by atoms with E-state index >= 15 is 0 Å². The third kappa shape index (κ3) is 2.69. The van der Waals surface area contributed by atoms with E-state index in [1.807, 2.05) is 0 Å². The van der Waals surface area contributed by atoms with Gasteiger partial charge in [0.1, 0.15) is 5.82 Å². The quantitative estimate of drug-likeness (QED) is 0.815. The predicted molar refractivity (Wildman–Crippen MR) is 65.6 cm³/mol. The predicted octanol–water partition coefficient (Wildman–Crippen LogP) is 2.09. The molecule has 0 saturated heterocycles. The number of hydrogen-bond acceptors (Lipinski definition) is 3. The van der Waals surface area contributed by atoms with E-state index in [0.29, 0.717) is 12.8 Å². The van der Waals surface area contributed by atoms with Gasteiger partial charge in [-0.15, -0.1) is 0 Å². The SMILES string of the molecule is Nc1ccc(NS(=O)(=O)C2CCCC2)cc1F. The summed E-state index contributed by atoms with van der Waals surface area (Å²) in [5.74, 6) is -0.614. The first-order valence-corrected chi connectivity index (χ1v) is 7.10. The highest BCUT2D eigenvalue weighted by Crippen LogP contribution is 2.26. The normalized spacial score (nSPS) is 17.2. The van der Waals surface area contributed by atoms with Crippen LogP contribution >= 0.6 is 0 Å². The molecule has 0 aromatic heterocycles. The highest BCUT2D eigenvalue weighted by molar-refractivity contribution is 7.93. The molecule has 0 bridgehead atoms. The number of nitrogens with one attached hydrogen (secondary N) is 1. The van der Waals surface area contributed by atoms with Crippen molar-refractivity contribution in [2.45, 2.75) is 30.9 Å². The molecule has 2 rings (SSSR count). The molecule has 0 unspecified atom stereocenters. The minimum Gasteiger partial charge on any atom is -0.396 e. The van der Waals surface area contributed by atoms with Crippen molar-refractivity contribution >= 4 is 21.4 Å². The minimum atomic E-state index is -3.40. The van der Waals surface area contributed by atoms with Crippen LogP contribution in [-0.2, 0) is 10.0 Å². The highest BCUT2D eigenvalue weighted by Gasteiger charge is 2.28. The fourth-order valence-electron chi connectivity index (χ4n) is 2.04. The Hall–Kier alpha value is -1.30. The topological polar surface area (TPSA) is 72.2 Å². The largest absolute Gasteiger partial charge is 0.396 e. The van der Waals surface area contributed by atoms with Crippen molar-refractivity contribution in [3.63, 3.8) is 0 Å². The number of benzene rings is 1. The highest BCUT2D eigenvalue weighted by atomic mass is 32.2. The van der Waals surface area contributed by atoms with E-state index in [2.05, 4.69) is 4.72 Å². The summed E-state index contributed by atoms with van der Waals surface area (Å²) in [5, 5.41) is -0.358. The molecule has 1 aliphatic rings. The lowest BCUT2D eigenvalue weighted by Crippen LogP contribution is -2.25. The maximum atomic E-state index is 13.2. The Labute approximate surface area is 100 Å². The van der Waals surface area contributed by atoms with E-state index < -0.39 is 15.8 Å². The minimum absolute atomic E-state index is 0.00816. The van der Waals surface area contributed by atoms with Crippen LogP contribution in [0.2, 0.25) is 0 Å². The van der Waals surface area contributed by atoms with E-state index in [1.54, 1.807) is 0 Å². The van der Waals surface area contributed by atoms with Crippen LogP contribution in [0.1, 0.15) is 25.7 Å². The van der Waals surface area contributed by atoms with Crippen LogP contribution in [0.5, 0.6) is 0 Å². The first kappa shape index (κ1) is 12.2. The molecule has 0 radical (unpaired) electrons. The number of hydrogen-bond donors (Lipinski definition) is 2. The average Bonchev–Trinajstić information content (AvgIpc) is 2.77. The molecule has 1 aliphatic carbocycles. The van der Waals surface area contributed by atoms with Crippen molar-refractivity contribution in [1.82, 2.24) is 0 Å². The van der Waals surface area contributed by atoms with Gasteiger partial charge in [0.2, 0.25) is 10.0 Å². The lowest BCUT2D eigenvalue weighted by molar-refractivity contribution is 0.585. The molecule has 1 aromatic carbocycles. The number of nitrogens with two attached hydrogens (primary N) is 1. The van der Waals surface area contributed by atoms with Gasteiger partial charge in [-0.05, 0) is 25.0 Å². The summed E-state index contributed by atoms with van der Waals surface area (Å²) in [5.41, 5.74) is 5.56. The summed E-state index contributed by atoms with van der Waals surface area (Å²) in [6.07, 6.45) is 3.21. The van der Waals surface area contributed by atoms with Gasteiger partial charge >= 0.3 is 0 Å². The fraction of sp³-hybridized carbons (Fsp3) is 0.455.